The molecule has 1 fully saturated rings. The normalized spacial score (nSPS) is 32.9. The fourth-order valence-corrected chi connectivity index (χ4v) is 3.22. The summed E-state index contributed by atoms with van der Waals surface area (Å²) < 4.78 is 0. The third-order valence-corrected chi connectivity index (χ3v) is 4.43. The number of carbonyl (C=O) groups excluding carboxylic acids is 1. The Bertz CT molecular complexity index is 466. The lowest BCUT2D eigenvalue weighted by molar-refractivity contribution is -0.151. The molecule has 2 aliphatic rings. The van der Waals surface area contributed by atoms with Crippen LogP contribution in [0, 0.1) is 35.0 Å². The number of carboxylic acid groups (broad SMARTS) is 1. The molecule has 0 heterocycles. The maximum atomic E-state index is 12.5. The highest BCUT2D eigenvalue weighted by Crippen LogP contribution is 2.48. The Labute approximate surface area is 112 Å². The summed E-state index contributed by atoms with van der Waals surface area (Å²) in [6, 6.07) is 1.85. The molecule has 0 saturated heterocycles. The van der Waals surface area contributed by atoms with Gasteiger partial charge in [0.2, 0.25) is 5.91 Å². The van der Waals surface area contributed by atoms with Crippen molar-refractivity contribution in [3.63, 3.8) is 0 Å². The van der Waals surface area contributed by atoms with Crippen molar-refractivity contribution in [2.24, 2.45) is 23.7 Å². The maximum absolute atomic E-state index is 12.5. The van der Waals surface area contributed by atoms with Crippen molar-refractivity contribution < 1.29 is 14.7 Å². The van der Waals surface area contributed by atoms with E-state index in [1.165, 1.54) is 4.90 Å². The molecule has 0 aliphatic heterocycles. The lowest BCUT2D eigenvalue weighted by atomic mass is 9.82. The van der Waals surface area contributed by atoms with Gasteiger partial charge in [-0.2, -0.15) is 5.26 Å². The van der Waals surface area contributed by atoms with Crippen LogP contribution in [0.25, 0.3) is 0 Å². The first-order valence-corrected chi connectivity index (χ1v) is 6.52. The number of amides is 1. The maximum Gasteiger partial charge on any atom is 0.307 e. The summed E-state index contributed by atoms with van der Waals surface area (Å²) in [4.78, 5) is 25.4. The molecule has 0 radical (unpaired) electrons. The van der Waals surface area contributed by atoms with Gasteiger partial charge in [-0.25, -0.2) is 0 Å². The molecule has 1 N–H and O–H groups in total. The lowest BCUT2D eigenvalue weighted by Gasteiger charge is -2.31. The van der Waals surface area contributed by atoms with Gasteiger partial charge >= 0.3 is 5.97 Å². The average Bonchev–Trinajstić information content (AvgIpc) is 2.97. The molecule has 1 saturated carbocycles. The Kier molecular flexibility index (Phi) is 3.61. The smallest absolute Gasteiger partial charge is 0.307 e. The highest BCUT2D eigenvalue weighted by atomic mass is 16.4. The Morgan fingerprint density at radius 3 is 2.53 bits per heavy atom. The molecular weight excluding hydrogens is 244 g/mol. The van der Waals surface area contributed by atoms with Crippen molar-refractivity contribution >= 4 is 11.9 Å². The third kappa shape index (κ3) is 2.23. The Morgan fingerprint density at radius 1 is 1.42 bits per heavy atom. The van der Waals surface area contributed by atoms with E-state index in [1.54, 1.807) is 14.0 Å². The molecule has 5 nitrogen and oxygen atoms in total. The van der Waals surface area contributed by atoms with Gasteiger partial charge in [0.15, 0.2) is 0 Å². The summed E-state index contributed by atoms with van der Waals surface area (Å²) in [5, 5.41) is 18.0. The van der Waals surface area contributed by atoms with Gasteiger partial charge in [0.05, 0.1) is 24.3 Å². The van der Waals surface area contributed by atoms with Crippen LogP contribution in [-0.4, -0.2) is 35.0 Å². The minimum atomic E-state index is -0.892. The van der Waals surface area contributed by atoms with Crippen LogP contribution in [0.15, 0.2) is 12.2 Å². The minimum absolute atomic E-state index is 0.0175. The number of carboxylic acids is 1. The zero-order valence-electron chi connectivity index (χ0n) is 11.1. The van der Waals surface area contributed by atoms with E-state index < -0.39 is 17.8 Å². The highest BCUT2D eigenvalue weighted by molar-refractivity contribution is 5.87. The van der Waals surface area contributed by atoms with E-state index in [1.807, 2.05) is 18.2 Å². The van der Waals surface area contributed by atoms with Gasteiger partial charge in [-0.05, 0) is 25.2 Å². The molecule has 0 aromatic carbocycles. The first-order chi connectivity index (χ1) is 8.97. The van der Waals surface area contributed by atoms with Gasteiger partial charge in [-0.3, -0.25) is 9.59 Å². The second-order valence-corrected chi connectivity index (χ2v) is 5.50. The summed E-state index contributed by atoms with van der Waals surface area (Å²) in [6.07, 6.45) is 4.91. The van der Waals surface area contributed by atoms with Crippen molar-refractivity contribution in [2.75, 3.05) is 7.05 Å². The van der Waals surface area contributed by atoms with Crippen LogP contribution in [-0.2, 0) is 9.59 Å². The van der Waals surface area contributed by atoms with Gasteiger partial charge in [-0.1, -0.05) is 12.2 Å². The van der Waals surface area contributed by atoms with E-state index in [0.717, 1.165) is 6.42 Å². The number of hydrogen-bond acceptors (Lipinski definition) is 3. The SMILES string of the molecule is CC(CC#N)N(C)C(=O)[C@H]1C2C=CC(C2)[C@H]1C(=O)O. The average molecular weight is 262 g/mol. The van der Waals surface area contributed by atoms with Crippen LogP contribution < -0.4 is 0 Å². The number of nitrogens with zero attached hydrogens (tertiary/aromatic N) is 2. The third-order valence-electron chi connectivity index (χ3n) is 4.43. The van der Waals surface area contributed by atoms with Crippen molar-refractivity contribution in [1.29, 1.82) is 5.26 Å². The van der Waals surface area contributed by atoms with E-state index in [2.05, 4.69) is 0 Å². The number of hydrogen-bond donors (Lipinski definition) is 1. The molecule has 0 spiro atoms. The van der Waals surface area contributed by atoms with Crippen molar-refractivity contribution in [1.82, 2.24) is 4.90 Å². The number of allylic oxidation sites excluding steroid dienone is 2. The molecule has 2 aliphatic carbocycles. The number of carbonyl (C=O) groups is 2. The number of fused-ring (bicyclic) bond motifs is 2. The first kappa shape index (κ1) is 13.6. The molecule has 2 rings (SSSR count). The van der Waals surface area contributed by atoms with E-state index >= 15 is 0 Å². The van der Waals surface area contributed by atoms with Gasteiger partial charge in [0, 0.05) is 13.1 Å². The predicted octanol–water partition coefficient (Wildman–Crippen LogP) is 1.27. The number of nitriles is 1. The quantitative estimate of drug-likeness (QED) is 0.773. The topological polar surface area (TPSA) is 81.4 Å². The molecule has 19 heavy (non-hydrogen) atoms. The molecule has 0 aromatic heterocycles. The van der Waals surface area contributed by atoms with Gasteiger partial charge in [0.1, 0.15) is 0 Å². The van der Waals surface area contributed by atoms with Crippen LogP contribution in [0.4, 0.5) is 0 Å². The largest absolute Gasteiger partial charge is 0.481 e. The molecule has 2 bridgehead atoms. The highest BCUT2D eigenvalue weighted by Gasteiger charge is 2.52. The molecule has 5 atom stereocenters. The van der Waals surface area contributed by atoms with Crippen LogP contribution >= 0.6 is 0 Å². The Balaban J connectivity index is 2.16. The Morgan fingerprint density at radius 2 is 2.00 bits per heavy atom. The predicted molar refractivity (Wildman–Crippen MR) is 67.8 cm³/mol. The number of rotatable bonds is 4. The fraction of sp³-hybridized carbons (Fsp3) is 0.643. The molecule has 0 aromatic rings. The van der Waals surface area contributed by atoms with Crippen molar-refractivity contribution in [3.05, 3.63) is 12.2 Å². The van der Waals surface area contributed by atoms with Crippen LogP contribution in [0.5, 0.6) is 0 Å². The second kappa shape index (κ2) is 5.04. The zero-order chi connectivity index (χ0) is 14.2. The monoisotopic (exact) mass is 262 g/mol. The summed E-state index contributed by atoms with van der Waals surface area (Å²) >= 11 is 0. The summed E-state index contributed by atoms with van der Waals surface area (Å²) in [5.74, 6) is -2.10. The molecule has 1 amide bonds. The van der Waals surface area contributed by atoms with E-state index in [9.17, 15) is 14.7 Å². The molecular formula is C14H18N2O3. The zero-order valence-corrected chi connectivity index (χ0v) is 11.1. The fourth-order valence-electron chi connectivity index (χ4n) is 3.22. The summed E-state index contributed by atoms with van der Waals surface area (Å²) in [5.41, 5.74) is 0. The van der Waals surface area contributed by atoms with Crippen molar-refractivity contribution in [2.45, 2.75) is 25.8 Å². The number of aliphatic carboxylic acids is 1. The first-order valence-electron chi connectivity index (χ1n) is 6.52. The van der Waals surface area contributed by atoms with Gasteiger partial charge < -0.3 is 10.0 Å². The lowest BCUT2D eigenvalue weighted by Crippen LogP contribution is -2.44. The van der Waals surface area contributed by atoms with Crippen molar-refractivity contribution in [3.8, 4) is 6.07 Å². The van der Waals surface area contributed by atoms with Crippen LogP contribution in [0.1, 0.15) is 19.8 Å². The summed E-state index contributed by atoms with van der Waals surface area (Å²) in [7, 11) is 1.65. The second-order valence-electron chi connectivity index (χ2n) is 5.50. The standard InChI is InChI=1S/C14H18N2O3/c1-8(5-6-15)16(2)13(17)11-9-3-4-10(7-9)12(11)14(18)19/h3-4,8-12H,5,7H2,1-2H3,(H,18,19)/t8?,9?,10?,11-,12+/m0/s1. The van der Waals surface area contributed by atoms with E-state index in [4.69, 9.17) is 5.26 Å². The summed E-state index contributed by atoms with van der Waals surface area (Å²) in [6.45, 7) is 1.81. The van der Waals surface area contributed by atoms with E-state index in [0.29, 0.717) is 0 Å². The van der Waals surface area contributed by atoms with Crippen LogP contribution in [0.3, 0.4) is 0 Å². The van der Waals surface area contributed by atoms with E-state index in [-0.39, 0.29) is 30.2 Å². The molecule has 3 unspecified atom stereocenters. The molecule has 102 valence electrons. The van der Waals surface area contributed by atoms with Crippen LogP contribution in [0.2, 0.25) is 0 Å². The van der Waals surface area contributed by atoms with Gasteiger partial charge in [-0.15, -0.1) is 0 Å². The van der Waals surface area contributed by atoms with Gasteiger partial charge in [0.25, 0.3) is 0 Å². The Hall–Kier alpha value is -1.83. The minimum Gasteiger partial charge on any atom is -0.481 e. The molecule has 5 heteroatoms.